The molecule has 1 aromatic heterocycles. The summed E-state index contributed by atoms with van der Waals surface area (Å²) in [6.07, 6.45) is -3.66. The Bertz CT molecular complexity index is 1650. The first-order chi connectivity index (χ1) is 24.0. The summed E-state index contributed by atoms with van der Waals surface area (Å²) in [5, 5.41) is 9.07. The Kier molecular flexibility index (Phi) is 9.31. The molecule has 12 nitrogen and oxygen atoms in total. The van der Waals surface area contributed by atoms with Crippen molar-refractivity contribution in [3.8, 4) is 0 Å². The second-order valence-electron chi connectivity index (χ2n) is 13.1. The summed E-state index contributed by atoms with van der Waals surface area (Å²) in [5.74, 6) is -0.828. The molecule has 0 saturated carbocycles. The highest BCUT2D eigenvalue weighted by Gasteiger charge is 2.58. The molecule has 3 aromatic carbocycles. The molecule has 5 heterocycles. The molecule has 0 spiro atoms. The first-order valence-corrected chi connectivity index (χ1v) is 16.7. The highest BCUT2D eigenvalue weighted by Crippen LogP contribution is 2.47. The summed E-state index contributed by atoms with van der Waals surface area (Å²) in [6.45, 7) is 4.69. The molecule has 12 heteroatoms. The Morgan fingerprint density at radius 2 is 1.43 bits per heavy atom. The monoisotopic (exact) mass is 671 g/mol. The van der Waals surface area contributed by atoms with Gasteiger partial charge in [0, 0.05) is 12.7 Å². The fourth-order valence-corrected chi connectivity index (χ4v) is 7.11. The summed E-state index contributed by atoms with van der Waals surface area (Å²) >= 11 is 0. The maximum atomic E-state index is 6.75. The highest BCUT2D eigenvalue weighted by molar-refractivity contribution is 5.19. The van der Waals surface area contributed by atoms with Crippen molar-refractivity contribution in [1.29, 1.82) is 0 Å². The molecule has 4 aliphatic heterocycles. The Balaban J connectivity index is 1.15. The third-order valence-electron chi connectivity index (χ3n) is 9.35. The molecule has 0 amide bonds. The van der Waals surface area contributed by atoms with E-state index < -0.39 is 67.3 Å². The fourth-order valence-electron chi connectivity index (χ4n) is 7.11. The number of fused-ring (bicyclic) bond motifs is 2. The Morgan fingerprint density at radius 1 is 0.776 bits per heavy atom. The molecule has 258 valence electrons. The lowest BCUT2D eigenvalue weighted by atomic mass is 9.94. The van der Waals surface area contributed by atoms with Crippen LogP contribution in [0.25, 0.3) is 0 Å². The number of rotatable bonds is 10. The molecule has 4 saturated heterocycles. The number of aromatic nitrogens is 3. The molecule has 49 heavy (non-hydrogen) atoms. The van der Waals surface area contributed by atoms with E-state index in [0.29, 0.717) is 18.9 Å². The summed E-state index contributed by atoms with van der Waals surface area (Å²) in [5.41, 5.74) is 3.59. The first kappa shape index (κ1) is 32.6. The predicted octanol–water partition coefficient (Wildman–Crippen LogP) is 5.02. The predicted molar refractivity (Wildman–Crippen MR) is 172 cm³/mol. The smallest absolute Gasteiger partial charge is 0.190 e. The first-order valence-electron chi connectivity index (χ1n) is 16.7. The van der Waals surface area contributed by atoms with Gasteiger partial charge in [0.15, 0.2) is 24.7 Å². The summed E-state index contributed by atoms with van der Waals surface area (Å²) in [4.78, 5) is 0. The van der Waals surface area contributed by atoms with Crippen molar-refractivity contribution in [2.24, 2.45) is 0 Å². The normalized spacial score (nSPS) is 33.6. The van der Waals surface area contributed by atoms with E-state index in [-0.39, 0.29) is 6.61 Å². The summed E-state index contributed by atoms with van der Waals surface area (Å²) in [6, 6.07) is 29.2. The maximum absolute atomic E-state index is 6.75. The second kappa shape index (κ2) is 14.0. The van der Waals surface area contributed by atoms with Gasteiger partial charge >= 0.3 is 0 Å². The number of benzene rings is 3. The lowest BCUT2D eigenvalue weighted by molar-refractivity contribution is -0.353. The topological polar surface area (TPSA) is 114 Å². The quantitative estimate of drug-likeness (QED) is 0.226. The average Bonchev–Trinajstić information content (AvgIpc) is 3.82. The average molecular weight is 672 g/mol. The Hall–Kier alpha value is -3.56. The van der Waals surface area contributed by atoms with Crippen molar-refractivity contribution in [1.82, 2.24) is 15.0 Å². The maximum Gasteiger partial charge on any atom is 0.190 e. The van der Waals surface area contributed by atoms with Gasteiger partial charge in [0.1, 0.15) is 42.7 Å². The van der Waals surface area contributed by atoms with Crippen LogP contribution in [-0.4, -0.2) is 77.6 Å². The molecule has 0 N–H and O–H groups in total. The molecule has 0 bridgehead atoms. The van der Waals surface area contributed by atoms with Gasteiger partial charge in [-0.1, -0.05) is 96.2 Å². The van der Waals surface area contributed by atoms with Gasteiger partial charge in [0.2, 0.25) is 0 Å². The minimum absolute atomic E-state index is 0.277. The fraction of sp³-hybridized carbons (Fsp3) is 0.459. The molecule has 10 atom stereocenters. The molecule has 8 rings (SSSR count). The van der Waals surface area contributed by atoms with Crippen LogP contribution in [-0.2, 0) is 55.8 Å². The number of hydrogen-bond donors (Lipinski definition) is 0. The van der Waals surface area contributed by atoms with Crippen molar-refractivity contribution in [3.05, 3.63) is 120 Å². The molecule has 0 aliphatic carbocycles. The van der Waals surface area contributed by atoms with Crippen LogP contribution in [0.5, 0.6) is 0 Å². The van der Waals surface area contributed by atoms with E-state index in [2.05, 4.69) is 10.3 Å². The van der Waals surface area contributed by atoms with Crippen LogP contribution in [0.4, 0.5) is 0 Å². The standard InChI is InChI=1S/C37H41N3O9/c1-37(2)48-33-32(43-21-24-15-9-5-10-16-24)29(46-36(33)49-37)26-19-38-39-40(26)28-30-27(22-44-34(47-30)25-17-11-6-12-18-25)45-35(41-3)31(28)42-20-23-13-7-4-8-14-23/h4-19,27-36H,20-22H2,1-3H3/t27-,28-,29-,30-,31+,32-,33-,34-,35+,36-/m1/s1. The van der Waals surface area contributed by atoms with E-state index in [1.165, 1.54) is 0 Å². The molecule has 0 radical (unpaired) electrons. The van der Waals surface area contributed by atoms with Gasteiger partial charge in [0.25, 0.3) is 0 Å². The van der Waals surface area contributed by atoms with Crippen molar-refractivity contribution >= 4 is 0 Å². The Morgan fingerprint density at radius 3 is 2.10 bits per heavy atom. The highest BCUT2D eigenvalue weighted by atomic mass is 16.8. The number of methoxy groups -OCH3 is 1. The zero-order chi connectivity index (χ0) is 33.4. The molecule has 4 fully saturated rings. The SMILES string of the molecule is CO[C@H]1O[C@@H]2CO[C@@H](c3ccccc3)O[C@H]2[C@@H](n2nncc2[C@H]2O[C@@H]3OC(C)(C)O[C@@H]3[C@@H]2OCc2ccccc2)[C@@H]1OCc1ccccc1. The lowest BCUT2D eigenvalue weighted by Crippen LogP contribution is -2.60. The third kappa shape index (κ3) is 6.68. The van der Waals surface area contributed by atoms with Crippen molar-refractivity contribution in [2.45, 2.75) is 94.4 Å². The third-order valence-corrected chi connectivity index (χ3v) is 9.35. The van der Waals surface area contributed by atoms with Crippen LogP contribution >= 0.6 is 0 Å². The molecule has 0 unspecified atom stereocenters. The number of hydrogen-bond acceptors (Lipinski definition) is 11. The Labute approximate surface area is 285 Å². The van der Waals surface area contributed by atoms with Gasteiger partial charge in [-0.3, -0.25) is 0 Å². The van der Waals surface area contributed by atoms with E-state index >= 15 is 0 Å². The van der Waals surface area contributed by atoms with E-state index in [0.717, 1.165) is 16.7 Å². The van der Waals surface area contributed by atoms with Gasteiger partial charge in [-0.05, 0) is 25.0 Å². The minimum atomic E-state index is -0.828. The molecular formula is C37H41N3O9. The van der Waals surface area contributed by atoms with Crippen LogP contribution in [0.3, 0.4) is 0 Å². The van der Waals surface area contributed by atoms with Gasteiger partial charge < -0.3 is 42.6 Å². The van der Waals surface area contributed by atoms with E-state index in [9.17, 15) is 0 Å². The molecule has 4 aromatic rings. The van der Waals surface area contributed by atoms with Crippen LogP contribution in [0.2, 0.25) is 0 Å². The number of ether oxygens (including phenoxy) is 9. The molecule has 4 aliphatic rings. The van der Waals surface area contributed by atoms with Crippen molar-refractivity contribution in [2.75, 3.05) is 13.7 Å². The summed E-state index contributed by atoms with van der Waals surface area (Å²) in [7, 11) is 1.60. The number of nitrogens with zero attached hydrogens (tertiary/aromatic N) is 3. The van der Waals surface area contributed by atoms with Gasteiger partial charge in [0.05, 0.1) is 31.7 Å². The van der Waals surface area contributed by atoms with Crippen LogP contribution < -0.4 is 0 Å². The van der Waals surface area contributed by atoms with Crippen LogP contribution in [0, 0.1) is 0 Å². The zero-order valence-corrected chi connectivity index (χ0v) is 27.6. The van der Waals surface area contributed by atoms with Crippen LogP contribution in [0.1, 0.15) is 54.7 Å². The lowest BCUT2D eigenvalue weighted by Gasteiger charge is -2.49. The van der Waals surface area contributed by atoms with E-state index in [1.54, 1.807) is 13.3 Å². The molecular weight excluding hydrogens is 630 g/mol. The van der Waals surface area contributed by atoms with Gasteiger partial charge in [-0.15, -0.1) is 5.10 Å². The van der Waals surface area contributed by atoms with Crippen molar-refractivity contribution < 1.29 is 42.6 Å². The second-order valence-corrected chi connectivity index (χ2v) is 13.1. The largest absolute Gasteiger partial charge is 0.367 e. The zero-order valence-electron chi connectivity index (χ0n) is 27.6. The van der Waals surface area contributed by atoms with Crippen molar-refractivity contribution in [3.63, 3.8) is 0 Å². The van der Waals surface area contributed by atoms with Gasteiger partial charge in [-0.25, -0.2) is 4.68 Å². The van der Waals surface area contributed by atoms with Gasteiger partial charge in [-0.2, -0.15) is 0 Å². The van der Waals surface area contributed by atoms with Crippen LogP contribution in [0.15, 0.2) is 97.2 Å². The minimum Gasteiger partial charge on any atom is -0.367 e. The van der Waals surface area contributed by atoms with E-state index in [4.69, 9.17) is 42.6 Å². The summed E-state index contributed by atoms with van der Waals surface area (Å²) < 4.78 is 59.5. The van der Waals surface area contributed by atoms with E-state index in [1.807, 2.05) is 110 Å².